The number of aliphatic hydroxyl groups is 1. The van der Waals surface area contributed by atoms with Crippen LogP contribution in [0.1, 0.15) is 45.6 Å². The maximum absolute atomic E-state index is 7.00. The molecule has 1 aromatic rings. The molecule has 1 aromatic carbocycles. The summed E-state index contributed by atoms with van der Waals surface area (Å²) in [5, 5.41) is 10.6. The lowest BCUT2D eigenvalue weighted by molar-refractivity contribution is 0.399. The van der Waals surface area contributed by atoms with Gasteiger partial charge in [0.1, 0.15) is 0 Å². The van der Waals surface area contributed by atoms with Crippen LogP contribution in [-0.4, -0.2) is 18.3 Å². The molecular formula is C16H29NO. The molecule has 0 saturated heterocycles. The van der Waals surface area contributed by atoms with Crippen molar-refractivity contribution < 1.29 is 5.11 Å². The van der Waals surface area contributed by atoms with Gasteiger partial charge < -0.3 is 10.4 Å². The van der Waals surface area contributed by atoms with Crippen molar-refractivity contribution in [2.75, 3.05) is 7.11 Å². The molecule has 2 heteroatoms. The van der Waals surface area contributed by atoms with Crippen molar-refractivity contribution in [2.45, 2.75) is 52.6 Å². The van der Waals surface area contributed by atoms with E-state index in [1.54, 1.807) is 0 Å². The van der Waals surface area contributed by atoms with E-state index < -0.39 is 0 Å². The maximum atomic E-state index is 7.00. The molecule has 2 rings (SSSR count). The number of rotatable bonds is 3. The second kappa shape index (κ2) is 11.2. The van der Waals surface area contributed by atoms with E-state index in [9.17, 15) is 0 Å². The van der Waals surface area contributed by atoms with E-state index >= 15 is 0 Å². The Kier molecular flexibility index (Phi) is 10.7. The summed E-state index contributed by atoms with van der Waals surface area (Å²) in [6.07, 6.45) is 4.10. The molecule has 2 nitrogen and oxygen atoms in total. The molecule has 1 aliphatic carbocycles. The second-order valence-electron chi connectivity index (χ2n) is 4.48. The molecule has 0 amide bonds. The Balaban J connectivity index is 0.000000659. The van der Waals surface area contributed by atoms with E-state index in [0.29, 0.717) is 0 Å². The smallest absolute Gasteiger partial charge is 0.0319 e. The van der Waals surface area contributed by atoms with Crippen LogP contribution in [0.5, 0.6) is 0 Å². The predicted octanol–water partition coefficient (Wildman–Crippen LogP) is 3.60. The van der Waals surface area contributed by atoms with Gasteiger partial charge in [-0.2, -0.15) is 0 Å². The topological polar surface area (TPSA) is 32.3 Å². The first-order valence-electron chi connectivity index (χ1n) is 7.06. The molecule has 0 bridgehead atoms. The fourth-order valence-corrected chi connectivity index (χ4v) is 2.25. The summed E-state index contributed by atoms with van der Waals surface area (Å²) in [4.78, 5) is 0. The number of aliphatic hydroxyl groups excluding tert-OH is 1. The highest BCUT2D eigenvalue weighted by atomic mass is 16.2. The molecule has 2 unspecified atom stereocenters. The largest absolute Gasteiger partial charge is 0.400 e. The standard InChI is InChI=1S/C13H19N.C2H6.CH4O/c1-11-7-8-13(9-11)14-10-12-5-3-2-4-6-12;2*1-2/h2-6,11,13-14H,7-10H2,1H3;1-2H3;2H,1H3. The molecule has 104 valence electrons. The van der Waals surface area contributed by atoms with Gasteiger partial charge in [0, 0.05) is 19.7 Å². The van der Waals surface area contributed by atoms with Crippen LogP contribution in [-0.2, 0) is 6.54 Å². The van der Waals surface area contributed by atoms with Crippen molar-refractivity contribution >= 4 is 0 Å². The Morgan fingerprint density at radius 2 is 1.72 bits per heavy atom. The van der Waals surface area contributed by atoms with Crippen LogP contribution in [0.25, 0.3) is 0 Å². The van der Waals surface area contributed by atoms with Crippen LogP contribution < -0.4 is 5.32 Å². The van der Waals surface area contributed by atoms with Crippen LogP contribution in [0.3, 0.4) is 0 Å². The monoisotopic (exact) mass is 251 g/mol. The number of hydrogen-bond donors (Lipinski definition) is 2. The molecule has 1 fully saturated rings. The zero-order valence-electron chi connectivity index (χ0n) is 12.3. The fourth-order valence-electron chi connectivity index (χ4n) is 2.25. The van der Waals surface area contributed by atoms with Crippen molar-refractivity contribution in [1.29, 1.82) is 0 Å². The van der Waals surface area contributed by atoms with Crippen molar-refractivity contribution in [2.24, 2.45) is 5.92 Å². The Morgan fingerprint density at radius 3 is 2.22 bits per heavy atom. The lowest BCUT2D eigenvalue weighted by Crippen LogP contribution is -2.25. The molecule has 1 saturated carbocycles. The zero-order valence-corrected chi connectivity index (χ0v) is 12.3. The molecule has 0 spiro atoms. The van der Waals surface area contributed by atoms with Gasteiger partial charge in [-0.15, -0.1) is 0 Å². The van der Waals surface area contributed by atoms with Crippen molar-refractivity contribution in [3.63, 3.8) is 0 Å². The lowest BCUT2D eigenvalue weighted by Gasteiger charge is -2.11. The third-order valence-electron chi connectivity index (χ3n) is 3.13. The molecule has 0 aromatic heterocycles. The SMILES string of the molecule is CC.CC1CCC(NCc2ccccc2)C1.CO. The molecular weight excluding hydrogens is 222 g/mol. The van der Waals surface area contributed by atoms with E-state index in [4.69, 9.17) is 5.11 Å². The highest BCUT2D eigenvalue weighted by Gasteiger charge is 2.20. The van der Waals surface area contributed by atoms with Crippen molar-refractivity contribution in [3.05, 3.63) is 35.9 Å². The van der Waals surface area contributed by atoms with Gasteiger partial charge >= 0.3 is 0 Å². The van der Waals surface area contributed by atoms with Crippen molar-refractivity contribution in [3.8, 4) is 0 Å². The highest BCUT2D eigenvalue weighted by Crippen LogP contribution is 2.24. The van der Waals surface area contributed by atoms with Crippen LogP contribution in [0.15, 0.2) is 30.3 Å². The number of benzene rings is 1. The minimum absolute atomic E-state index is 0.755. The van der Waals surface area contributed by atoms with E-state index in [0.717, 1.165) is 25.6 Å². The Hall–Kier alpha value is -0.860. The Bertz CT molecular complexity index is 274. The second-order valence-corrected chi connectivity index (χ2v) is 4.48. The van der Waals surface area contributed by atoms with E-state index in [-0.39, 0.29) is 0 Å². The average molecular weight is 251 g/mol. The van der Waals surface area contributed by atoms with E-state index in [2.05, 4.69) is 42.6 Å². The molecule has 0 heterocycles. The Morgan fingerprint density at radius 1 is 1.11 bits per heavy atom. The van der Waals surface area contributed by atoms with Gasteiger partial charge in [-0.05, 0) is 30.7 Å². The molecule has 0 aliphatic heterocycles. The summed E-state index contributed by atoms with van der Waals surface area (Å²) in [6, 6.07) is 11.4. The first kappa shape index (κ1) is 17.1. The fraction of sp³-hybridized carbons (Fsp3) is 0.625. The highest BCUT2D eigenvalue weighted by molar-refractivity contribution is 5.14. The summed E-state index contributed by atoms with van der Waals surface area (Å²) < 4.78 is 0. The quantitative estimate of drug-likeness (QED) is 0.860. The number of nitrogens with one attached hydrogen (secondary N) is 1. The minimum Gasteiger partial charge on any atom is -0.400 e. The lowest BCUT2D eigenvalue weighted by atomic mass is 10.1. The van der Waals surface area contributed by atoms with E-state index in [1.165, 1.54) is 24.8 Å². The summed E-state index contributed by atoms with van der Waals surface area (Å²) >= 11 is 0. The van der Waals surface area contributed by atoms with Gasteiger partial charge in [-0.3, -0.25) is 0 Å². The van der Waals surface area contributed by atoms with Crippen LogP contribution in [0, 0.1) is 5.92 Å². The zero-order chi connectivity index (χ0) is 13.8. The van der Waals surface area contributed by atoms with Crippen LogP contribution in [0.2, 0.25) is 0 Å². The van der Waals surface area contributed by atoms with Gasteiger partial charge in [0.25, 0.3) is 0 Å². The third kappa shape index (κ3) is 6.77. The minimum atomic E-state index is 0.755. The van der Waals surface area contributed by atoms with E-state index in [1.807, 2.05) is 13.8 Å². The summed E-state index contributed by atoms with van der Waals surface area (Å²) in [5.41, 5.74) is 1.40. The van der Waals surface area contributed by atoms with Gasteiger partial charge in [0.15, 0.2) is 0 Å². The molecule has 0 radical (unpaired) electrons. The molecule has 18 heavy (non-hydrogen) atoms. The average Bonchev–Trinajstić information content (AvgIpc) is 2.88. The van der Waals surface area contributed by atoms with Gasteiger partial charge in [-0.1, -0.05) is 51.1 Å². The predicted molar refractivity (Wildman–Crippen MR) is 79.6 cm³/mol. The summed E-state index contributed by atoms with van der Waals surface area (Å²) in [6.45, 7) is 7.38. The molecule has 2 N–H and O–H groups in total. The van der Waals surface area contributed by atoms with Gasteiger partial charge in [0.2, 0.25) is 0 Å². The molecule has 2 atom stereocenters. The van der Waals surface area contributed by atoms with Gasteiger partial charge in [0.05, 0.1) is 0 Å². The first-order chi connectivity index (χ1) is 8.84. The Labute approximate surface area is 112 Å². The third-order valence-corrected chi connectivity index (χ3v) is 3.13. The van der Waals surface area contributed by atoms with Crippen LogP contribution >= 0.6 is 0 Å². The van der Waals surface area contributed by atoms with Crippen molar-refractivity contribution in [1.82, 2.24) is 5.32 Å². The number of hydrogen-bond acceptors (Lipinski definition) is 2. The van der Waals surface area contributed by atoms with Crippen LogP contribution in [0.4, 0.5) is 0 Å². The molecule has 1 aliphatic rings. The normalized spacial score (nSPS) is 21.4. The first-order valence-corrected chi connectivity index (χ1v) is 7.06. The van der Waals surface area contributed by atoms with Gasteiger partial charge in [-0.25, -0.2) is 0 Å². The summed E-state index contributed by atoms with van der Waals surface area (Å²) in [7, 11) is 1.00. The maximum Gasteiger partial charge on any atom is 0.0319 e. The summed E-state index contributed by atoms with van der Waals surface area (Å²) in [5.74, 6) is 0.920.